The molecule has 0 saturated heterocycles. The maximum absolute atomic E-state index is 12.8. The van der Waals surface area contributed by atoms with Crippen molar-refractivity contribution in [3.8, 4) is 5.75 Å². The predicted octanol–water partition coefficient (Wildman–Crippen LogP) is 4.87. The Morgan fingerprint density at radius 3 is 2.45 bits per heavy atom. The molecule has 0 spiro atoms. The van der Waals surface area contributed by atoms with Crippen LogP contribution in [0.2, 0.25) is 0 Å². The predicted molar refractivity (Wildman–Crippen MR) is 114 cm³/mol. The normalized spacial score (nSPS) is 10.8. The third kappa shape index (κ3) is 7.33. The number of nitrogens with one attached hydrogen (secondary N) is 1. The number of ether oxygens (including phenoxy) is 2. The fraction of sp³-hybridized carbons (Fsp3) is 0.304. The fourth-order valence-electron chi connectivity index (χ4n) is 2.56. The van der Waals surface area contributed by atoms with Gasteiger partial charge in [0.15, 0.2) is 0 Å². The smallest absolute Gasteiger partial charge is 0.412 e. The first-order chi connectivity index (χ1) is 13.7. The summed E-state index contributed by atoms with van der Waals surface area (Å²) in [4.78, 5) is 26.3. The molecule has 6 heteroatoms. The van der Waals surface area contributed by atoms with Crippen molar-refractivity contribution < 1.29 is 19.1 Å². The number of amides is 2. The molecule has 0 aliphatic rings. The standard InChI is InChI=1S/C23H28N2O4/c1-6-14-28-20-12-10-17(11-13-20)16-25(5)21(26)18-8-7-9-19(15-18)24-22(27)29-23(2,3)4/h6-13,15H,1,14,16H2,2-5H3,(H,24,27). The zero-order valence-electron chi connectivity index (χ0n) is 17.4. The van der Waals surface area contributed by atoms with Crippen molar-refractivity contribution in [3.63, 3.8) is 0 Å². The van der Waals surface area contributed by atoms with E-state index < -0.39 is 11.7 Å². The molecule has 2 aromatic rings. The van der Waals surface area contributed by atoms with E-state index in [1.165, 1.54) is 0 Å². The van der Waals surface area contributed by atoms with Crippen LogP contribution >= 0.6 is 0 Å². The zero-order chi connectivity index (χ0) is 21.4. The molecule has 0 saturated carbocycles. The van der Waals surface area contributed by atoms with E-state index in [0.717, 1.165) is 11.3 Å². The lowest BCUT2D eigenvalue weighted by atomic mass is 10.1. The summed E-state index contributed by atoms with van der Waals surface area (Å²) in [6.45, 7) is 9.89. The van der Waals surface area contributed by atoms with E-state index in [0.29, 0.717) is 24.4 Å². The van der Waals surface area contributed by atoms with E-state index in [4.69, 9.17) is 9.47 Å². The van der Waals surface area contributed by atoms with Gasteiger partial charge in [-0.1, -0.05) is 30.9 Å². The van der Waals surface area contributed by atoms with E-state index in [2.05, 4.69) is 11.9 Å². The molecule has 29 heavy (non-hydrogen) atoms. The molecule has 2 amide bonds. The average molecular weight is 396 g/mol. The summed E-state index contributed by atoms with van der Waals surface area (Å²) in [7, 11) is 1.73. The summed E-state index contributed by atoms with van der Waals surface area (Å²) in [6.07, 6.45) is 1.13. The lowest BCUT2D eigenvalue weighted by molar-refractivity contribution is 0.0635. The molecule has 0 radical (unpaired) electrons. The van der Waals surface area contributed by atoms with Crippen LogP contribution < -0.4 is 10.1 Å². The highest BCUT2D eigenvalue weighted by molar-refractivity contribution is 5.96. The van der Waals surface area contributed by atoms with Crippen molar-refractivity contribution in [2.24, 2.45) is 0 Å². The molecule has 0 aliphatic heterocycles. The molecule has 1 N–H and O–H groups in total. The molecule has 0 bridgehead atoms. The van der Waals surface area contributed by atoms with Crippen LogP contribution in [0.25, 0.3) is 0 Å². The first-order valence-electron chi connectivity index (χ1n) is 9.36. The Kier molecular flexibility index (Phi) is 7.42. The van der Waals surface area contributed by atoms with Crippen LogP contribution in [0.5, 0.6) is 5.75 Å². The molecule has 0 fully saturated rings. The molecule has 2 aromatic carbocycles. The largest absolute Gasteiger partial charge is 0.490 e. The van der Waals surface area contributed by atoms with Gasteiger partial charge < -0.3 is 14.4 Å². The van der Waals surface area contributed by atoms with Gasteiger partial charge in [0.2, 0.25) is 0 Å². The van der Waals surface area contributed by atoms with Gasteiger partial charge in [0.05, 0.1) is 0 Å². The zero-order valence-corrected chi connectivity index (χ0v) is 17.4. The number of carbonyl (C=O) groups excluding carboxylic acids is 2. The van der Waals surface area contributed by atoms with E-state index in [-0.39, 0.29) is 5.91 Å². The third-order valence-corrected chi connectivity index (χ3v) is 3.81. The first kappa shape index (κ1) is 22.0. The number of benzene rings is 2. The molecule has 0 aliphatic carbocycles. The van der Waals surface area contributed by atoms with E-state index in [1.54, 1.807) is 63.1 Å². The number of hydrogen-bond acceptors (Lipinski definition) is 4. The highest BCUT2D eigenvalue weighted by atomic mass is 16.6. The quantitative estimate of drug-likeness (QED) is 0.678. The van der Waals surface area contributed by atoms with E-state index in [1.807, 2.05) is 24.3 Å². The second kappa shape index (κ2) is 9.78. The minimum Gasteiger partial charge on any atom is -0.490 e. The first-order valence-corrected chi connectivity index (χ1v) is 9.36. The van der Waals surface area contributed by atoms with Crippen molar-refractivity contribution in [2.45, 2.75) is 32.9 Å². The fourth-order valence-corrected chi connectivity index (χ4v) is 2.56. The maximum atomic E-state index is 12.8. The highest BCUT2D eigenvalue weighted by Crippen LogP contribution is 2.17. The molecule has 0 atom stereocenters. The summed E-state index contributed by atoms with van der Waals surface area (Å²) in [6, 6.07) is 14.3. The molecule has 2 rings (SSSR count). The van der Waals surface area contributed by atoms with Crippen molar-refractivity contribution in [1.82, 2.24) is 4.90 Å². The maximum Gasteiger partial charge on any atom is 0.412 e. The minimum absolute atomic E-state index is 0.148. The Labute approximate surface area is 172 Å². The van der Waals surface area contributed by atoms with Gasteiger partial charge in [-0.25, -0.2) is 4.79 Å². The lowest BCUT2D eigenvalue weighted by Gasteiger charge is -2.20. The third-order valence-electron chi connectivity index (χ3n) is 3.81. The van der Waals surface area contributed by atoms with Gasteiger partial charge in [-0.15, -0.1) is 0 Å². The number of carbonyl (C=O) groups is 2. The topological polar surface area (TPSA) is 67.9 Å². The molecule has 0 heterocycles. The van der Waals surface area contributed by atoms with Gasteiger partial charge in [-0.2, -0.15) is 0 Å². The molecule has 0 aromatic heterocycles. The number of hydrogen-bond donors (Lipinski definition) is 1. The Bertz CT molecular complexity index is 854. The van der Waals surface area contributed by atoms with Crippen LogP contribution in [0.1, 0.15) is 36.7 Å². The molecule has 154 valence electrons. The highest BCUT2D eigenvalue weighted by Gasteiger charge is 2.17. The van der Waals surface area contributed by atoms with Crippen LogP contribution in [0, 0.1) is 0 Å². The van der Waals surface area contributed by atoms with Gasteiger partial charge in [-0.05, 0) is 56.7 Å². The Morgan fingerprint density at radius 2 is 1.83 bits per heavy atom. The summed E-state index contributed by atoms with van der Waals surface area (Å²) < 4.78 is 10.7. The second-order valence-corrected chi connectivity index (χ2v) is 7.61. The SMILES string of the molecule is C=CCOc1ccc(CN(C)C(=O)c2cccc(NC(=O)OC(C)(C)C)c2)cc1. The van der Waals surface area contributed by atoms with Gasteiger partial charge in [0.25, 0.3) is 5.91 Å². The summed E-state index contributed by atoms with van der Waals surface area (Å²) in [5.41, 5.74) is 1.37. The van der Waals surface area contributed by atoms with Gasteiger partial charge in [0.1, 0.15) is 18.0 Å². The van der Waals surface area contributed by atoms with Gasteiger partial charge in [-0.3, -0.25) is 10.1 Å². The average Bonchev–Trinajstić information content (AvgIpc) is 2.65. The van der Waals surface area contributed by atoms with Gasteiger partial charge >= 0.3 is 6.09 Å². The van der Waals surface area contributed by atoms with Crippen LogP contribution in [-0.2, 0) is 11.3 Å². The van der Waals surface area contributed by atoms with Crippen molar-refractivity contribution in [3.05, 3.63) is 72.3 Å². The van der Waals surface area contributed by atoms with Crippen LogP contribution in [-0.4, -0.2) is 36.2 Å². The van der Waals surface area contributed by atoms with Crippen molar-refractivity contribution in [2.75, 3.05) is 19.0 Å². The van der Waals surface area contributed by atoms with Crippen LogP contribution in [0.4, 0.5) is 10.5 Å². The summed E-state index contributed by atoms with van der Waals surface area (Å²) >= 11 is 0. The summed E-state index contributed by atoms with van der Waals surface area (Å²) in [5.74, 6) is 0.605. The molecular weight excluding hydrogens is 368 g/mol. The summed E-state index contributed by atoms with van der Waals surface area (Å²) in [5, 5.41) is 2.65. The minimum atomic E-state index is -0.593. The van der Waals surface area contributed by atoms with Crippen molar-refractivity contribution >= 4 is 17.7 Å². The molecular formula is C23H28N2O4. The Balaban J connectivity index is 2.00. The number of rotatable bonds is 7. The molecule has 0 unspecified atom stereocenters. The monoisotopic (exact) mass is 396 g/mol. The lowest BCUT2D eigenvalue weighted by Crippen LogP contribution is -2.28. The Hall–Kier alpha value is -3.28. The van der Waals surface area contributed by atoms with E-state index in [9.17, 15) is 9.59 Å². The van der Waals surface area contributed by atoms with Gasteiger partial charge in [0, 0.05) is 24.8 Å². The van der Waals surface area contributed by atoms with Crippen LogP contribution in [0.15, 0.2) is 61.2 Å². The molecule has 6 nitrogen and oxygen atoms in total. The van der Waals surface area contributed by atoms with Crippen LogP contribution in [0.3, 0.4) is 0 Å². The number of nitrogens with zero attached hydrogens (tertiary/aromatic N) is 1. The number of anilines is 1. The second-order valence-electron chi connectivity index (χ2n) is 7.61. The van der Waals surface area contributed by atoms with E-state index >= 15 is 0 Å². The van der Waals surface area contributed by atoms with Crippen molar-refractivity contribution in [1.29, 1.82) is 0 Å². The Morgan fingerprint density at radius 1 is 1.14 bits per heavy atom.